The number of nitrogens with one attached hydrogen (secondary N) is 1. The molecular weight excluding hydrogens is 330 g/mol. The minimum absolute atomic E-state index is 0.0235. The van der Waals surface area contributed by atoms with Crippen LogP contribution < -0.4 is 5.32 Å². The minimum atomic E-state index is 0.0235. The second kappa shape index (κ2) is 6.74. The molecule has 25 heavy (non-hydrogen) atoms. The van der Waals surface area contributed by atoms with Crippen LogP contribution in [0, 0.1) is 0 Å². The van der Waals surface area contributed by atoms with Crippen LogP contribution in [-0.2, 0) is 0 Å². The van der Waals surface area contributed by atoms with E-state index in [-0.39, 0.29) is 12.1 Å². The van der Waals surface area contributed by atoms with Crippen LogP contribution in [0.15, 0.2) is 60.7 Å². The predicted molar refractivity (Wildman–Crippen MR) is 101 cm³/mol. The molecule has 0 amide bonds. The molecule has 0 saturated heterocycles. The van der Waals surface area contributed by atoms with Crippen LogP contribution in [0.4, 0.5) is 0 Å². The van der Waals surface area contributed by atoms with E-state index in [1.54, 1.807) is 4.68 Å². The molecule has 0 radical (unpaired) electrons. The zero-order valence-electron chi connectivity index (χ0n) is 14.1. The van der Waals surface area contributed by atoms with Crippen molar-refractivity contribution in [3.05, 3.63) is 71.4 Å². The molecule has 0 spiro atoms. The van der Waals surface area contributed by atoms with Crippen LogP contribution in [0.5, 0.6) is 0 Å². The van der Waals surface area contributed by atoms with Crippen molar-refractivity contribution in [1.29, 1.82) is 0 Å². The van der Waals surface area contributed by atoms with Gasteiger partial charge in [0.2, 0.25) is 0 Å². The number of hydrogen-bond donors (Lipinski definition) is 1. The number of benzene rings is 2. The van der Waals surface area contributed by atoms with Gasteiger partial charge in [0.15, 0.2) is 5.82 Å². The Morgan fingerprint density at radius 2 is 1.72 bits per heavy atom. The zero-order valence-corrected chi connectivity index (χ0v) is 14.9. The molecule has 1 N–H and O–H groups in total. The summed E-state index contributed by atoms with van der Waals surface area (Å²) in [6.45, 7) is 4.27. The van der Waals surface area contributed by atoms with Crippen molar-refractivity contribution in [2.24, 2.45) is 0 Å². The predicted octanol–water partition coefficient (Wildman–Crippen LogP) is 4.29. The highest BCUT2D eigenvalue weighted by Crippen LogP contribution is 2.30. The summed E-state index contributed by atoms with van der Waals surface area (Å²) in [4.78, 5) is 1.31. The third-order valence-electron chi connectivity index (χ3n) is 4.25. The van der Waals surface area contributed by atoms with Crippen molar-refractivity contribution in [1.82, 2.24) is 25.5 Å². The van der Waals surface area contributed by atoms with Gasteiger partial charge in [0.25, 0.3) is 0 Å². The Bertz CT molecular complexity index is 943. The van der Waals surface area contributed by atoms with Gasteiger partial charge >= 0.3 is 0 Å². The Kier molecular flexibility index (Phi) is 4.29. The smallest absolute Gasteiger partial charge is 0.173 e. The van der Waals surface area contributed by atoms with Crippen molar-refractivity contribution in [2.75, 3.05) is 0 Å². The minimum Gasteiger partial charge on any atom is -0.300 e. The Hall–Kier alpha value is -2.57. The first-order valence-electron chi connectivity index (χ1n) is 8.30. The molecule has 2 atom stereocenters. The van der Waals surface area contributed by atoms with Gasteiger partial charge < -0.3 is 5.32 Å². The Morgan fingerprint density at radius 3 is 2.52 bits per heavy atom. The van der Waals surface area contributed by atoms with E-state index in [2.05, 4.69) is 65.0 Å². The topological polar surface area (TPSA) is 55.6 Å². The number of thiophene rings is 1. The molecule has 0 saturated carbocycles. The van der Waals surface area contributed by atoms with Crippen molar-refractivity contribution >= 4 is 21.4 Å². The molecule has 2 heterocycles. The summed E-state index contributed by atoms with van der Waals surface area (Å²) in [5.74, 6) is 0.805. The zero-order chi connectivity index (χ0) is 17.2. The highest BCUT2D eigenvalue weighted by atomic mass is 32.1. The van der Waals surface area contributed by atoms with Gasteiger partial charge in [-0.15, -0.1) is 16.4 Å². The average Bonchev–Trinajstić information content (AvgIpc) is 3.29. The van der Waals surface area contributed by atoms with Crippen LogP contribution in [0.3, 0.4) is 0 Å². The summed E-state index contributed by atoms with van der Waals surface area (Å²) in [5, 5.41) is 17.1. The molecule has 4 rings (SSSR count). The third-order valence-corrected chi connectivity index (χ3v) is 5.55. The molecule has 6 heteroatoms. The lowest BCUT2D eigenvalue weighted by atomic mass is 10.2. The standard InChI is InChI=1S/C19H19N5S/c1-13(18-12-15-8-6-7-11-17(15)25-18)20-14(2)19-21-22-23-24(19)16-9-4-3-5-10-16/h3-14,20H,1-2H3. The van der Waals surface area contributed by atoms with Gasteiger partial charge in [0.1, 0.15) is 0 Å². The first-order chi connectivity index (χ1) is 12.2. The Morgan fingerprint density at radius 1 is 0.960 bits per heavy atom. The maximum Gasteiger partial charge on any atom is 0.173 e. The molecule has 0 aliphatic rings. The van der Waals surface area contributed by atoms with Crippen molar-refractivity contribution in [3.8, 4) is 5.69 Å². The average molecular weight is 349 g/mol. The fourth-order valence-corrected chi connectivity index (χ4v) is 4.04. The molecular formula is C19H19N5S. The number of hydrogen-bond acceptors (Lipinski definition) is 5. The van der Waals surface area contributed by atoms with Crippen LogP contribution in [0.25, 0.3) is 15.8 Å². The molecule has 5 nitrogen and oxygen atoms in total. The van der Waals surface area contributed by atoms with Gasteiger partial charge in [-0.3, -0.25) is 0 Å². The van der Waals surface area contributed by atoms with Crippen molar-refractivity contribution in [2.45, 2.75) is 25.9 Å². The fraction of sp³-hybridized carbons (Fsp3) is 0.211. The Labute approximate surface area is 150 Å². The number of tetrazole rings is 1. The fourth-order valence-electron chi connectivity index (χ4n) is 2.96. The number of rotatable bonds is 5. The maximum atomic E-state index is 4.22. The summed E-state index contributed by atoms with van der Waals surface area (Å²) in [5.41, 5.74) is 0.964. The van der Waals surface area contributed by atoms with Crippen LogP contribution in [0.2, 0.25) is 0 Å². The van der Waals surface area contributed by atoms with E-state index in [1.165, 1.54) is 15.0 Å². The number of fused-ring (bicyclic) bond motifs is 1. The molecule has 2 aromatic carbocycles. The molecule has 2 aromatic heterocycles. The third kappa shape index (κ3) is 3.18. The molecule has 0 aliphatic carbocycles. The van der Waals surface area contributed by atoms with Crippen LogP contribution in [-0.4, -0.2) is 20.2 Å². The second-order valence-corrected chi connectivity index (χ2v) is 7.20. The molecule has 0 bridgehead atoms. The quantitative estimate of drug-likeness (QED) is 0.584. The van der Waals surface area contributed by atoms with Gasteiger partial charge in [0, 0.05) is 15.6 Å². The second-order valence-electron chi connectivity index (χ2n) is 6.08. The van der Waals surface area contributed by atoms with Crippen molar-refractivity contribution in [3.63, 3.8) is 0 Å². The summed E-state index contributed by atoms with van der Waals surface area (Å²) >= 11 is 1.82. The molecule has 4 aromatic rings. The molecule has 126 valence electrons. The first-order valence-corrected chi connectivity index (χ1v) is 9.12. The lowest BCUT2D eigenvalue weighted by Crippen LogP contribution is -2.24. The van der Waals surface area contributed by atoms with Crippen LogP contribution >= 0.6 is 11.3 Å². The number of aromatic nitrogens is 4. The van der Waals surface area contributed by atoms with E-state index in [9.17, 15) is 0 Å². The van der Waals surface area contributed by atoms with Gasteiger partial charge in [-0.2, -0.15) is 4.68 Å². The first kappa shape index (κ1) is 15.9. The van der Waals surface area contributed by atoms with Gasteiger partial charge in [-0.25, -0.2) is 0 Å². The summed E-state index contributed by atoms with van der Waals surface area (Å²) in [6, 6.07) is 20.9. The van der Waals surface area contributed by atoms with E-state index < -0.39 is 0 Å². The summed E-state index contributed by atoms with van der Waals surface area (Å²) < 4.78 is 3.10. The van der Waals surface area contributed by atoms with E-state index >= 15 is 0 Å². The SMILES string of the molecule is CC(NC(C)c1nnnn1-c1ccccc1)c1cc2ccccc2s1. The largest absolute Gasteiger partial charge is 0.300 e. The molecule has 0 fully saturated rings. The Balaban J connectivity index is 1.56. The summed E-state index contributed by atoms with van der Waals surface area (Å²) in [7, 11) is 0. The molecule has 2 unspecified atom stereocenters. The van der Waals surface area contributed by atoms with Gasteiger partial charge in [-0.05, 0) is 53.9 Å². The van der Waals surface area contributed by atoms with Gasteiger partial charge in [0.05, 0.1) is 11.7 Å². The van der Waals surface area contributed by atoms with E-state index in [4.69, 9.17) is 0 Å². The number of nitrogens with zero attached hydrogens (tertiary/aromatic N) is 4. The lowest BCUT2D eigenvalue weighted by molar-refractivity contribution is 0.473. The highest BCUT2D eigenvalue weighted by Gasteiger charge is 2.19. The van der Waals surface area contributed by atoms with Gasteiger partial charge in [-0.1, -0.05) is 36.4 Å². The van der Waals surface area contributed by atoms with E-state index in [0.717, 1.165) is 11.5 Å². The summed E-state index contributed by atoms with van der Waals surface area (Å²) in [6.07, 6.45) is 0. The lowest BCUT2D eigenvalue weighted by Gasteiger charge is -2.18. The maximum absolute atomic E-state index is 4.22. The monoisotopic (exact) mass is 349 g/mol. The highest BCUT2D eigenvalue weighted by molar-refractivity contribution is 7.19. The van der Waals surface area contributed by atoms with Crippen LogP contribution in [0.1, 0.15) is 36.6 Å². The van der Waals surface area contributed by atoms with Crippen molar-refractivity contribution < 1.29 is 0 Å². The number of para-hydroxylation sites is 1. The van der Waals surface area contributed by atoms with E-state index in [1.807, 2.05) is 41.7 Å². The van der Waals surface area contributed by atoms with E-state index in [0.29, 0.717) is 0 Å². The normalized spacial score (nSPS) is 13.8. The molecule has 0 aliphatic heterocycles.